The van der Waals surface area contributed by atoms with Crippen LogP contribution in [0.15, 0.2) is 18.7 Å². The minimum absolute atomic E-state index is 0.0849. The summed E-state index contributed by atoms with van der Waals surface area (Å²) in [6, 6.07) is 0. The highest BCUT2D eigenvalue weighted by molar-refractivity contribution is 7.15. The van der Waals surface area contributed by atoms with Crippen LogP contribution >= 0.6 is 11.3 Å². The Morgan fingerprint density at radius 3 is 2.92 bits per heavy atom. The molecule has 0 aliphatic carbocycles. The van der Waals surface area contributed by atoms with Crippen LogP contribution in [0.1, 0.15) is 63.6 Å². The molecule has 0 bridgehead atoms. The normalized spacial score (nSPS) is 18.6. The highest BCUT2D eigenvalue weighted by Crippen LogP contribution is 2.30. The molecule has 0 spiro atoms. The molecule has 1 aliphatic rings. The first kappa shape index (κ1) is 20.6. The number of carbonyl (C=O) groups excluding carboxylic acids is 1. The Bertz CT molecular complexity index is 624. The number of rotatable bonds is 8. The molecule has 1 N–H and O–H groups in total. The van der Waals surface area contributed by atoms with E-state index in [4.69, 9.17) is 9.47 Å². The molecule has 1 aromatic heterocycles. The summed E-state index contributed by atoms with van der Waals surface area (Å²) in [7, 11) is 0. The predicted octanol–water partition coefficient (Wildman–Crippen LogP) is 4.01. The summed E-state index contributed by atoms with van der Waals surface area (Å²) in [5.74, 6) is 1.19. The molecule has 26 heavy (non-hydrogen) atoms. The Hall–Kier alpha value is -1.76. The van der Waals surface area contributed by atoms with Crippen molar-refractivity contribution in [3.63, 3.8) is 0 Å². The van der Waals surface area contributed by atoms with Gasteiger partial charge < -0.3 is 19.7 Å². The van der Waals surface area contributed by atoms with Crippen LogP contribution in [-0.4, -0.2) is 40.7 Å². The Labute approximate surface area is 160 Å². The Balaban J connectivity index is 1.81. The average molecular weight is 382 g/mol. The van der Waals surface area contributed by atoms with Gasteiger partial charge in [0, 0.05) is 12.1 Å². The van der Waals surface area contributed by atoms with Crippen molar-refractivity contribution < 1.29 is 14.3 Å². The molecule has 2 unspecified atom stereocenters. The van der Waals surface area contributed by atoms with Crippen LogP contribution in [0.4, 0.5) is 0 Å². The fourth-order valence-corrected chi connectivity index (χ4v) is 3.41. The number of thiazole rings is 1. The molecule has 0 aromatic carbocycles. The van der Waals surface area contributed by atoms with Crippen molar-refractivity contribution in [1.82, 2.24) is 15.2 Å². The van der Waals surface area contributed by atoms with E-state index in [0.29, 0.717) is 35.0 Å². The zero-order valence-electron chi connectivity index (χ0n) is 16.5. The van der Waals surface area contributed by atoms with Crippen molar-refractivity contribution in [1.29, 1.82) is 0 Å². The molecule has 7 heteroatoms. The Morgan fingerprint density at radius 1 is 1.58 bits per heavy atom. The van der Waals surface area contributed by atoms with Gasteiger partial charge in [0.1, 0.15) is 4.88 Å². The monoisotopic (exact) mass is 381 g/mol. The number of ether oxygens (including phenoxy) is 2. The highest BCUT2D eigenvalue weighted by Gasteiger charge is 2.35. The van der Waals surface area contributed by atoms with Crippen LogP contribution in [0.25, 0.3) is 0 Å². The summed E-state index contributed by atoms with van der Waals surface area (Å²) in [6.45, 7) is 15.9. The van der Waals surface area contributed by atoms with Crippen LogP contribution < -0.4 is 10.1 Å². The van der Waals surface area contributed by atoms with Crippen LogP contribution in [0.5, 0.6) is 5.19 Å². The van der Waals surface area contributed by atoms with Crippen molar-refractivity contribution in [2.24, 2.45) is 5.92 Å². The SMILES string of the molecule is C=C1OC(Oc2ncc(C(=O)NCCCC(C)CC)s2)CN1C(C)(C)C. The first-order valence-corrected chi connectivity index (χ1v) is 10.1. The second-order valence-corrected chi connectivity index (χ2v) is 8.74. The van der Waals surface area contributed by atoms with Crippen molar-refractivity contribution in [3.8, 4) is 5.19 Å². The topological polar surface area (TPSA) is 63.7 Å². The Kier molecular flexibility index (Phi) is 6.92. The number of aromatic nitrogens is 1. The quantitative estimate of drug-likeness (QED) is 0.690. The minimum atomic E-state index is -0.459. The van der Waals surface area contributed by atoms with E-state index in [1.807, 2.05) is 0 Å². The lowest BCUT2D eigenvalue weighted by molar-refractivity contribution is -0.00479. The van der Waals surface area contributed by atoms with E-state index in [0.717, 1.165) is 12.8 Å². The van der Waals surface area contributed by atoms with Gasteiger partial charge >= 0.3 is 0 Å². The van der Waals surface area contributed by atoms with Crippen LogP contribution in [-0.2, 0) is 4.74 Å². The van der Waals surface area contributed by atoms with E-state index in [1.165, 1.54) is 17.8 Å². The van der Waals surface area contributed by atoms with Gasteiger partial charge in [-0.05, 0) is 46.1 Å². The van der Waals surface area contributed by atoms with Crippen LogP contribution in [0.2, 0.25) is 0 Å². The number of hydrogen-bond acceptors (Lipinski definition) is 6. The third kappa shape index (κ3) is 5.62. The zero-order valence-corrected chi connectivity index (χ0v) is 17.3. The molecular weight excluding hydrogens is 350 g/mol. The summed E-state index contributed by atoms with van der Waals surface area (Å²) in [4.78, 5) is 19.0. The number of nitrogens with one attached hydrogen (secondary N) is 1. The van der Waals surface area contributed by atoms with Gasteiger partial charge in [-0.1, -0.05) is 31.6 Å². The second kappa shape index (κ2) is 8.75. The maximum absolute atomic E-state index is 12.2. The van der Waals surface area contributed by atoms with Gasteiger partial charge in [0.15, 0.2) is 5.88 Å². The molecule has 1 fully saturated rings. The van der Waals surface area contributed by atoms with Crippen molar-refractivity contribution in [2.45, 2.75) is 65.7 Å². The summed E-state index contributed by atoms with van der Waals surface area (Å²) >= 11 is 1.23. The summed E-state index contributed by atoms with van der Waals surface area (Å²) < 4.78 is 11.4. The second-order valence-electron chi connectivity index (χ2n) is 7.74. The van der Waals surface area contributed by atoms with E-state index in [1.54, 1.807) is 6.20 Å². The first-order chi connectivity index (χ1) is 12.2. The van der Waals surface area contributed by atoms with Crippen LogP contribution in [0.3, 0.4) is 0 Å². The molecule has 0 radical (unpaired) electrons. The molecule has 1 aliphatic heterocycles. The maximum Gasteiger partial charge on any atom is 0.277 e. The number of nitrogens with zero attached hydrogens (tertiary/aromatic N) is 2. The lowest BCUT2D eigenvalue weighted by atomic mass is 10.0. The van der Waals surface area contributed by atoms with Gasteiger partial charge in [-0.2, -0.15) is 0 Å². The molecule has 6 nitrogen and oxygen atoms in total. The third-order valence-corrected chi connectivity index (χ3v) is 5.39. The molecule has 1 aromatic rings. The van der Waals surface area contributed by atoms with Gasteiger partial charge in [0.05, 0.1) is 12.7 Å². The molecule has 1 saturated heterocycles. The molecule has 0 saturated carbocycles. The molecule has 2 atom stereocenters. The Morgan fingerprint density at radius 2 is 2.31 bits per heavy atom. The van der Waals surface area contributed by atoms with E-state index in [9.17, 15) is 4.79 Å². The lowest BCUT2D eigenvalue weighted by Crippen LogP contribution is -2.39. The fraction of sp³-hybridized carbons (Fsp3) is 0.684. The summed E-state index contributed by atoms with van der Waals surface area (Å²) in [5.41, 5.74) is -0.0849. The third-order valence-electron chi connectivity index (χ3n) is 4.51. The standard InChI is InChI=1S/C19H31N3O3S/c1-7-13(2)9-8-10-20-17(23)15-11-21-18(26-15)25-16-12-22(14(3)24-16)19(4,5)6/h11,13,16H,3,7-10,12H2,1-2,4-6H3,(H,20,23). The molecular formula is C19H31N3O3S. The van der Waals surface area contributed by atoms with Crippen molar-refractivity contribution in [2.75, 3.05) is 13.1 Å². The van der Waals surface area contributed by atoms with Gasteiger partial charge in [0.2, 0.25) is 0 Å². The molecule has 2 rings (SSSR count). The van der Waals surface area contributed by atoms with E-state index in [-0.39, 0.29) is 11.4 Å². The summed E-state index contributed by atoms with van der Waals surface area (Å²) in [6.07, 6.45) is 4.38. The molecule has 2 heterocycles. The number of amides is 1. The molecule has 1 amide bonds. The van der Waals surface area contributed by atoms with Gasteiger partial charge in [0.25, 0.3) is 17.4 Å². The average Bonchev–Trinajstić information content (AvgIpc) is 3.17. The number of carbonyl (C=O) groups is 1. The smallest absolute Gasteiger partial charge is 0.277 e. The number of hydrogen-bond donors (Lipinski definition) is 1. The minimum Gasteiger partial charge on any atom is -0.438 e. The summed E-state index contributed by atoms with van der Waals surface area (Å²) in [5, 5.41) is 3.38. The first-order valence-electron chi connectivity index (χ1n) is 9.24. The van der Waals surface area contributed by atoms with Crippen LogP contribution in [0, 0.1) is 5.92 Å². The zero-order chi connectivity index (χ0) is 19.3. The van der Waals surface area contributed by atoms with Gasteiger partial charge in [-0.15, -0.1) is 0 Å². The van der Waals surface area contributed by atoms with E-state index < -0.39 is 6.29 Å². The lowest BCUT2D eigenvalue weighted by Gasteiger charge is -2.31. The van der Waals surface area contributed by atoms with Gasteiger partial charge in [-0.25, -0.2) is 4.98 Å². The van der Waals surface area contributed by atoms with Crippen molar-refractivity contribution in [3.05, 3.63) is 23.5 Å². The van der Waals surface area contributed by atoms with E-state index in [2.05, 4.69) is 56.4 Å². The predicted molar refractivity (Wildman–Crippen MR) is 104 cm³/mol. The maximum atomic E-state index is 12.2. The molecule has 146 valence electrons. The highest BCUT2D eigenvalue weighted by atomic mass is 32.1. The fourth-order valence-electron chi connectivity index (χ4n) is 2.69. The largest absolute Gasteiger partial charge is 0.438 e. The van der Waals surface area contributed by atoms with E-state index >= 15 is 0 Å². The van der Waals surface area contributed by atoms with Crippen molar-refractivity contribution >= 4 is 17.2 Å². The van der Waals surface area contributed by atoms with Gasteiger partial charge in [-0.3, -0.25) is 4.79 Å².